The number of unbranched alkanes of at least 4 members (excludes halogenated alkanes) is 3. The number of alkyl halides is 1. The van der Waals surface area contributed by atoms with Crippen molar-refractivity contribution in [1.82, 2.24) is 9.55 Å². The van der Waals surface area contributed by atoms with Gasteiger partial charge in [0.05, 0.1) is 15.5 Å². The first kappa shape index (κ1) is 15.8. The lowest BCUT2D eigenvalue weighted by Crippen LogP contribution is -2.05. The zero-order chi connectivity index (χ0) is 14.5. The molecule has 1 aromatic carbocycles. The van der Waals surface area contributed by atoms with E-state index in [1.165, 1.54) is 19.3 Å². The molecule has 0 radical (unpaired) electrons. The molecule has 20 heavy (non-hydrogen) atoms. The first-order valence-corrected chi connectivity index (χ1v) is 8.40. The van der Waals surface area contributed by atoms with Crippen molar-refractivity contribution in [3.05, 3.63) is 28.2 Å². The van der Waals surface area contributed by atoms with Gasteiger partial charge in [0.2, 0.25) is 0 Å². The Kier molecular flexibility index (Phi) is 5.85. The molecule has 0 atom stereocenters. The highest BCUT2D eigenvalue weighted by atomic mass is 79.9. The van der Waals surface area contributed by atoms with Crippen molar-refractivity contribution in [3.63, 3.8) is 0 Å². The molecule has 1 aromatic heterocycles. The normalized spacial score (nSPS) is 11.4. The maximum absolute atomic E-state index is 13.8. The number of hydrogen-bond donors (Lipinski definition) is 0. The molecular formula is C15H19BrClFN2. The summed E-state index contributed by atoms with van der Waals surface area (Å²) in [5, 5.41) is 0. The summed E-state index contributed by atoms with van der Waals surface area (Å²) in [7, 11) is 0. The summed E-state index contributed by atoms with van der Waals surface area (Å²) in [5.74, 6) is 1.23. The highest BCUT2D eigenvalue weighted by Gasteiger charge is 2.13. The Morgan fingerprint density at radius 2 is 2.10 bits per heavy atom. The third-order valence-corrected chi connectivity index (χ3v) is 4.22. The molecule has 0 fully saturated rings. The molecular weight excluding hydrogens is 343 g/mol. The van der Waals surface area contributed by atoms with Gasteiger partial charge in [-0.3, -0.25) is 0 Å². The van der Waals surface area contributed by atoms with Crippen LogP contribution in [0.5, 0.6) is 0 Å². The number of benzene rings is 1. The van der Waals surface area contributed by atoms with Crippen LogP contribution >= 0.6 is 27.5 Å². The molecule has 0 aliphatic rings. The minimum absolute atomic E-state index is 0.246. The van der Waals surface area contributed by atoms with E-state index in [0.29, 0.717) is 16.8 Å². The molecule has 0 N–H and O–H groups in total. The van der Waals surface area contributed by atoms with E-state index in [0.717, 1.165) is 29.8 Å². The predicted octanol–water partition coefficient (Wildman–Crippen LogP) is 5.30. The SMILES string of the molecule is CCCCCCn1c(CCCl)nc2cc(Br)c(F)cc21. The summed E-state index contributed by atoms with van der Waals surface area (Å²) in [5.41, 5.74) is 1.69. The van der Waals surface area contributed by atoms with Crippen LogP contribution in [-0.2, 0) is 13.0 Å². The van der Waals surface area contributed by atoms with E-state index in [1.807, 2.05) is 0 Å². The second-order valence-corrected chi connectivity index (χ2v) is 6.17. The molecule has 0 unspecified atom stereocenters. The van der Waals surface area contributed by atoms with Crippen LogP contribution in [0.3, 0.4) is 0 Å². The van der Waals surface area contributed by atoms with Crippen molar-refractivity contribution in [2.45, 2.75) is 45.6 Å². The van der Waals surface area contributed by atoms with Gasteiger partial charge in [0.25, 0.3) is 0 Å². The Balaban J connectivity index is 2.32. The summed E-state index contributed by atoms with van der Waals surface area (Å²) < 4.78 is 16.3. The Bertz CT molecular complexity index is 583. The van der Waals surface area contributed by atoms with Crippen molar-refractivity contribution in [2.24, 2.45) is 0 Å². The van der Waals surface area contributed by atoms with Crippen LogP contribution in [0.25, 0.3) is 11.0 Å². The van der Waals surface area contributed by atoms with E-state index < -0.39 is 0 Å². The lowest BCUT2D eigenvalue weighted by Gasteiger charge is -2.08. The first-order valence-electron chi connectivity index (χ1n) is 7.07. The van der Waals surface area contributed by atoms with E-state index in [9.17, 15) is 4.39 Å². The zero-order valence-electron chi connectivity index (χ0n) is 11.6. The van der Waals surface area contributed by atoms with Gasteiger partial charge in [-0.15, -0.1) is 11.6 Å². The Labute approximate surface area is 132 Å². The summed E-state index contributed by atoms with van der Waals surface area (Å²) in [6, 6.07) is 3.30. The number of rotatable bonds is 7. The highest BCUT2D eigenvalue weighted by Crippen LogP contribution is 2.25. The maximum Gasteiger partial charge on any atom is 0.139 e. The van der Waals surface area contributed by atoms with Crippen molar-refractivity contribution >= 4 is 38.6 Å². The largest absolute Gasteiger partial charge is 0.328 e. The van der Waals surface area contributed by atoms with E-state index in [2.05, 4.69) is 32.4 Å². The average Bonchev–Trinajstić information content (AvgIpc) is 2.73. The van der Waals surface area contributed by atoms with Crippen LogP contribution < -0.4 is 0 Å². The highest BCUT2D eigenvalue weighted by molar-refractivity contribution is 9.10. The van der Waals surface area contributed by atoms with Gasteiger partial charge in [-0.2, -0.15) is 0 Å². The van der Waals surface area contributed by atoms with Crippen LogP contribution in [0, 0.1) is 5.82 Å². The van der Waals surface area contributed by atoms with Gasteiger partial charge < -0.3 is 4.57 Å². The molecule has 0 aliphatic carbocycles. The summed E-state index contributed by atoms with van der Waals surface area (Å²) in [4.78, 5) is 4.59. The molecule has 5 heteroatoms. The predicted molar refractivity (Wildman–Crippen MR) is 86.0 cm³/mol. The minimum atomic E-state index is -0.246. The Morgan fingerprint density at radius 1 is 1.30 bits per heavy atom. The number of aromatic nitrogens is 2. The van der Waals surface area contributed by atoms with Gasteiger partial charge in [-0.1, -0.05) is 26.2 Å². The minimum Gasteiger partial charge on any atom is -0.328 e. The average molecular weight is 362 g/mol. The number of imidazole rings is 1. The molecule has 2 nitrogen and oxygen atoms in total. The lowest BCUT2D eigenvalue weighted by molar-refractivity contribution is 0.575. The molecule has 0 bridgehead atoms. The van der Waals surface area contributed by atoms with Crippen LogP contribution in [0.15, 0.2) is 16.6 Å². The second kappa shape index (κ2) is 7.41. The molecule has 2 rings (SSSR count). The molecule has 0 saturated carbocycles. The van der Waals surface area contributed by atoms with E-state index in [4.69, 9.17) is 11.6 Å². The fraction of sp³-hybridized carbons (Fsp3) is 0.533. The topological polar surface area (TPSA) is 17.8 Å². The van der Waals surface area contributed by atoms with Crippen LogP contribution in [0.1, 0.15) is 38.4 Å². The number of halogens is 3. The standard InChI is InChI=1S/C15H19BrClFN2/c1-2-3-4-5-8-20-14-10-12(18)11(16)9-13(14)19-15(20)6-7-17/h9-10H,2-8H2,1H3. The van der Waals surface area contributed by atoms with E-state index in [1.54, 1.807) is 12.1 Å². The molecule has 2 aromatic rings. The summed E-state index contributed by atoms with van der Waals surface area (Å²) in [6.45, 7) is 3.07. The van der Waals surface area contributed by atoms with Gasteiger partial charge in [0.15, 0.2) is 0 Å². The molecule has 1 heterocycles. The summed E-state index contributed by atoms with van der Waals surface area (Å²) >= 11 is 9.06. The Morgan fingerprint density at radius 3 is 2.80 bits per heavy atom. The number of nitrogens with zero attached hydrogens (tertiary/aromatic N) is 2. The van der Waals surface area contributed by atoms with Crippen molar-refractivity contribution in [2.75, 3.05) is 5.88 Å². The number of fused-ring (bicyclic) bond motifs is 1. The van der Waals surface area contributed by atoms with Gasteiger partial charge in [-0.25, -0.2) is 9.37 Å². The van der Waals surface area contributed by atoms with E-state index >= 15 is 0 Å². The molecule has 110 valence electrons. The van der Waals surface area contributed by atoms with E-state index in [-0.39, 0.29) is 5.82 Å². The number of aryl methyl sites for hydroxylation is 2. The van der Waals surface area contributed by atoms with Crippen LogP contribution in [0.4, 0.5) is 4.39 Å². The van der Waals surface area contributed by atoms with Crippen LogP contribution in [-0.4, -0.2) is 15.4 Å². The zero-order valence-corrected chi connectivity index (χ0v) is 14.0. The van der Waals surface area contributed by atoms with Crippen molar-refractivity contribution < 1.29 is 4.39 Å². The van der Waals surface area contributed by atoms with Crippen molar-refractivity contribution in [3.8, 4) is 0 Å². The fourth-order valence-electron chi connectivity index (χ4n) is 2.39. The fourth-order valence-corrected chi connectivity index (χ4v) is 2.89. The molecule has 0 saturated heterocycles. The van der Waals surface area contributed by atoms with Gasteiger partial charge >= 0.3 is 0 Å². The van der Waals surface area contributed by atoms with Gasteiger partial charge in [0.1, 0.15) is 11.6 Å². The van der Waals surface area contributed by atoms with Gasteiger partial charge in [-0.05, 0) is 28.4 Å². The quantitative estimate of drug-likeness (QED) is 0.483. The second-order valence-electron chi connectivity index (χ2n) is 4.93. The number of hydrogen-bond acceptors (Lipinski definition) is 1. The lowest BCUT2D eigenvalue weighted by atomic mass is 10.2. The maximum atomic E-state index is 13.8. The van der Waals surface area contributed by atoms with Crippen molar-refractivity contribution in [1.29, 1.82) is 0 Å². The monoisotopic (exact) mass is 360 g/mol. The smallest absolute Gasteiger partial charge is 0.139 e. The Hall–Kier alpha value is -0.610. The third kappa shape index (κ3) is 3.53. The van der Waals surface area contributed by atoms with Gasteiger partial charge in [0, 0.05) is 24.9 Å². The molecule has 0 spiro atoms. The molecule has 0 aliphatic heterocycles. The molecule has 0 amide bonds. The third-order valence-electron chi connectivity index (χ3n) is 3.42. The summed E-state index contributed by atoms with van der Waals surface area (Å²) in [6.07, 6.45) is 5.43. The first-order chi connectivity index (χ1) is 9.67. The van der Waals surface area contributed by atoms with Crippen LogP contribution in [0.2, 0.25) is 0 Å².